The Morgan fingerprint density at radius 1 is 1.41 bits per heavy atom. The van der Waals surface area contributed by atoms with E-state index in [1.54, 1.807) is 6.92 Å². The first-order valence-corrected chi connectivity index (χ1v) is 5.83. The first-order chi connectivity index (χ1) is 8.08. The molecular formula is C13H20N2O2. The van der Waals surface area contributed by atoms with Crippen LogP contribution < -0.4 is 10.6 Å². The molecule has 0 spiro atoms. The van der Waals surface area contributed by atoms with Gasteiger partial charge in [0.1, 0.15) is 0 Å². The van der Waals surface area contributed by atoms with Gasteiger partial charge in [-0.25, -0.2) is 4.79 Å². The van der Waals surface area contributed by atoms with E-state index in [0.29, 0.717) is 6.54 Å². The summed E-state index contributed by atoms with van der Waals surface area (Å²) in [5, 5.41) is 14.3. The quantitative estimate of drug-likeness (QED) is 0.720. The van der Waals surface area contributed by atoms with Gasteiger partial charge in [0.15, 0.2) is 0 Å². The highest BCUT2D eigenvalue weighted by Gasteiger charge is 2.01. The lowest BCUT2D eigenvalue weighted by molar-refractivity contribution is 0.187. The third-order valence-electron chi connectivity index (χ3n) is 2.34. The second-order valence-electron chi connectivity index (χ2n) is 4.22. The molecule has 94 valence electrons. The van der Waals surface area contributed by atoms with E-state index in [9.17, 15) is 4.79 Å². The highest BCUT2D eigenvalue weighted by atomic mass is 16.3. The lowest BCUT2D eigenvalue weighted by atomic mass is 10.1. The van der Waals surface area contributed by atoms with Gasteiger partial charge in [0.2, 0.25) is 0 Å². The number of amides is 2. The van der Waals surface area contributed by atoms with Crippen LogP contribution in [0.2, 0.25) is 0 Å². The predicted octanol–water partition coefficient (Wildman–Crippen LogP) is 1.22. The van der Waals surface area contributed by atoms with Crippen molar-refractivity contribution in [2.75, 3.05) is 13.1 Å². The van der Waals surface area contributed by atoms with Crippen LogP contribution in [0.25, 0.3) is 0 Å². The molecule has 0 saturated heterocycles. The van der Waals surface area contributed by atoms with E-state index in [-0.39, 0.29) is 12.6 Å². The summed E-state index contributed by atoms with van der Waals surface area (Å²) >= 11 is 0. The predicted molar refractivity (Wildman–Crippen MR) is 68.0 cm³/mol. The van der Waals surface area contributed by atoms with E-state index in [2.05, 4.69) is 16.7 Å². The standard InChI is InChI=1S/C13H20N2O2/c1-10-4-3-5-12(8-10)6-7-14-13(17)15-9-11(2)16/h3-5,8,11,16H,6-7,9H2,1-2H3,(H2,14,15,17). The molecule has 17 heavy (non-hydrogen) atoms. The van der Waals surface area contributed by atoms with Crippen LogP contribution in [0.5, 0.6) is 0 Å². The molecule has 1 aromatic carbocycles. The summed E-state index contributed by atoms with van der Waals surface area (Å²) in [6.07, 6.45) is 0.293. The van der Waals surface area contributed by atoms with Crippen LogP contribution in [0.15, 0.2) is 24.3 Å². The summed E-state index contributed by atoms with van der Waals surface area (Å²) in [6, 6.07) is 7.97. The van der Waals surface area contributed by atoms with Gasteiger partial charge < -0.3 is 15.7 Å². The van der Waals surface area contributed by atoms with E-state index < -0.39 is 6.10 Å². The summed E-state index contributed by atoms with van der Waals surface area (Å²) in [4.78, 5) is 11.3. The van der Waals surface area contributed by atoms with Crippen molar-refractivity contribution >= 4 is 6.03 Å². The minimum atomic E-state index is -0.516. The van der Waals surface area contributed by atoms with Crippen LogP contribution in [0.3, 0.4) is 0 Å². The molecule has 0 bridgehead atoms. The van der Waals surface area contributed by atoms with Crippen LogP contribution in [0.4, 0.5) is 4.79 Å². The topological polar surface area (TPSA) is 61.4 Å². The largest absolute Gasteiger partial charge is 0.392 e. The average Bonchev–Trinajstić information content (AvgIpc) is 2.26. The van der Waals surface area contributed by atoms with Gasteiger partial charge in [0.05, 0.1) is 6.10 Å². The first kappa shape index (κ1) is 13.5. The van der Waals surface area contributed by atoms with Crippen molar-refractivity contribution in [3.63, 3.8) is 0 Å². The molecule has 0 aliphatic rings. The SMILES string of the molecule is Cc1cccc(CCNC(=O)NCC(C)O)c1. The number of rotatable bonds is 5. The number of aliphatic hydroxyl groups is 1. The summed E-state index contributed by atoms with van der Waals surface area (Å²) < 4.78 is 0. The summed E-state index contributed by atoms with van der Waals surface area (Å²) in [5.74, 6) is 0. The van der Waals surface area contributed by atoms with E-state index in [1.165, 1.54) is 11.1 Å². The van der Waals surface area contributed by atoms with Crippen molar-refractivity contribution in [2.45, 2.75) is 26.4 Å². The number of nitrogens with one attached hydrogen (secondary N) is 2. The smallest absolute Gasteiger partial charge is 0.314 e. The fraction of sp³-hybridized carbons (Fsp3) is 0.462. The van der Waals surface area contributed by atoms with Crippen LogP contribution in [0, 0.1) is 6.92 Å². The molecule has 0 aliphatic carbocycles. The molecule has 4 heteroatoms. The Balaban J connectivity index is 2.21. The summed E-state index contributed by atoms with van der Waals surface area (Å²) in [7, 11) is 0. The molecule has 0 radical (unpaired) electrons. The number of hydrogen-bond donors (Lipinski definition) is 3. The number of aliphatic hydroxyl groups excluding tert-OH is 1. The van der Waals surface area contributed by atoms with Crippen molar-refractivity contribution in [2.24, 2.45) is 0 Å². The van der Waals surface area contributed by atoms with Crippen LogP contribution >= 0.6 is 0 Å². The van der Waals surface area contributed by atoms with Gasteiger partial charge in [-0.3, -0.25) is 0 Å². The minimum absolute atomic E-state index is 0.237. The Labute approximate surface area is 102 Å². The van der Waals surface area contributed by atoms with Gasteiger partial charge in [-0.1, -0.05) is 29.8 Å². The molecule has 0 fully saturated rings. The molecule has 1 rings (SSSR count). The van der Waals surface area contributed by atoms with Gasteiger partial charge in [0, 0.05) is 13.1 Å². The zero-order chi connectivity index (χ0) is 12.7. The molecule has 0 aromatic heterocycles. The third-order valence-corrected chi connectivity index (χ3v) is 2.34. The number of carbonyl (C=O) groups excluding carboxylic acids is 1. The maximum Gasteiger partial charge on any atom is 0.314 e. The van der Waals surface area contributed by atoms with Crippen LogP contribution in [-0.4, -0.2) is 30.3 Å². The van der Waals surface area contributed by atoms with Gasteiger partial charge in [-0.05, 0) is 25.8 Å². The Morgan fingerprint density at radius 2 is 2.18 bits per heavy atom. The van der Waals surface area contributed by atoms with Gasteiger partial charge in [-0.2, -0.15) is 0 Å². The molecule has 1 atom stereocenters. The fourth-order valence-corrected chi connectivity index (χ4v) is 1.49. The first-order valence-electron chi connectivity index (χ1n) is 5.83. The molecule has 0 heterocycles. The second-order valence-corrected chi connectivity index (χ2v) is 4.22. The van der Waals surface area contributed by atoms with E-state index >= 15 is 0 Å². The Bertz CT molecular complexity index is 364. The lowest BCUT2D eigenvalue weighted by Crippen LogP contribution is -2.39. The molecule has 0 aliphatic heterocycles. The minimum Gasteiger partial charge on any atom is -0.392 e. The van der Waals surface area contributed by atoms with Crippen molar-refractivity contribution < 1.29 is 9.90 Å². The van der Waals surface area contributed by atoms with E-state index in [0.717, 1.165) is 6.42 Å². The van der Waals surface area contributed by atoms with Gasteiger partial charge in [-0.15, -0.1) is 0 Å². The van der Waals surface area contributed by atoms with Gasteiger partial charge in [0.25, 0.3) is 0 Å². The zero-order valence-electron chi connectivity index (χ0n) is 10.4. The van der Waals surface area contributed by atoms with Crippen molar-refractivity contribution in [3.8, 4) is 0 Å². The maximum atomic E-state index is 11.3. The maximum absolute atomic E-state index is 11.3. The normalized spacial score (nSPS) is 11.9. The number of urea groups is 1. The molecule has 3 N–H and O–H groups in total. The molecule has 1 aromatic rings. The summed E-state index contributed by atoms with van der Waals surface area (Å²) in [6.45, 7) is 4.55. The van der Waals surface area contributed by atoms with Crippen molar-refractivity contribution in [1.82, 2.24) is 10.6 Å². The van der Waals surface area contributed by atoms with E-state index in [1.807, 2.05) is 25.1 Å². The number of aryl methyl sites for hydroxylation is 1. The van der Waals surface area contributed by atoms with Gasteiger partial charge >= 0.3 is 6.03 Å². The highest BCUT2D eigenvalue weighted by molar-refractivity contribution is 5.73. The third kappa shape index (κ3) is 5.92. The fourth-order valence-electron chi connectivity index (χ4n) is 1.49. The monoisotopic (exact) mass is 236 g/mol. The second kappa shape index (κ2) is 6.91. The van der Waals surface area contributed by atoms with Crippen molar-refractivity contribution in [3.05, 3.63) is 35.4 Å². The number of carbonyl (C=O) groups is 1. The number of hydrogen-bond acceptors (Lipinski definition) is 2. The molecule has 4 nitrogen and oxygen atoms in total. The van der Waals surface area contributed by atoms with E-state index in [4.69, 9.17) is 5.11 Å². The molecule has 2 amide bonds. The molecular weight excluding hydrogens is 216 g/mol. The Kier molecular flexibility index (Phi) is 5.49. The molecule has 0 saturated carbocycles. The molecule has 1 unspecified atom stereocenters. The highest BCUT2D eigenvalue weighted by Crippen LogP contribution is 2.03. The zero-order valence-corrected chi connectivity index (χ0v) is 10.4. The lowest BCUT2D eigenvalue weighted by Gasteiger charge is -2.09. The average molecular weight is 236 g/mol. The van der Waals surface area contributed by atoms with Crippen LogP contribution in [0.1, 0.15) is 18.1 Å². The Morgan fingerprint density at radius 3 is 2.82 bits per heavy atom. The Hall–Kier alpha value is -1.55. The van der Waals surface area contributed by atoms with Crippen molar-refractivity contribution in [1.29, 1.82) is 0 Å². The number of benzene rings is 1. The van der Waals surface area contributed by atoms with Crippen LogP contribution in [-0.2, 0) is 6.42 Å². The summed E-state index contributed by atoms with van der Waals surface area (Å²) in [5.41, 5.74) is 2.43.